The lowest BCUT2D eigenvalue weighted by Gasteiger charge is -2.28. The second-order valence-corrected chi connectivity index (χ2v) is 8.09. The van der Waals surface area contributed by atoms with E-state index in [1.807, 2.05) is 12.1 Å². The Morgan fingerprint density at radius 2 is 1.79 bits per heavy atom. The number of likely N-dealkylation sites (tertiary alicyclic amines) is 1. The molecule has 0 atom stereocenters. The molecule has 4 nitrogen and oxygen atoms in total. The van der Waals surface area contributed by atoms with Gasteiger partial charge in [-0.2, -0.15) is 0 Å². The van der Waals surface area contributed by atoms with E-state index in [4.69, 9.17) is 5.73 Å². The first-order valence-electron chi connectivity index (χ1n) is 10.3. The summed E-state index contributed by atoms with van der Waals surface area (Å²) >= 11 is 0. The molecule has 0 amide bonds. The van der Waals surface area contributed by atoms with Gasteiger partial charge in [-0.15, -0.1) is 0 Å². The monoisotopic (exact) mass is 374 g/mol. The molecular formula is C24H30N4. The molecule has 1 fully saturated rings. The van der Waals surface area contributed by atoms with Gasteiger partial charge in [-0.05, 0) is 92.5 Å². The summed E-state index contributed by atoms with van der Waals surface area (Å²) < 4.78 is 0. The van der Waals surface area contributed by atoms with Crippen molar-refractivity contribution >= 4 is 22.3 Å². The molecule has 1 aliphatic heterocycles. The van der Waals surface area contributed by atoms with Gasteiger partial charge in [0.25, 0.3) is 0 Å². The van der Waals surface area contributed by atoms with E-state index in [-0.39, 0.29) is 0 Å². The minimum absolute atomic E-state index is 0.583. The summed E-state index contributed by atoms with van der Waals surface area (Å²) in [6, 6.07) is 17.3. The fourth-order valence-electron chi connectivity index (χ4n) is 4.06. The van der Waals surface area contributed by atoms with Gasteiger partial charge in [-0.1, -0.05) is 24.3 Å². The summed E-state index contributed by atoms with van der Waals surface area (Å²) in [5.74, 6) is 1.48. The second-order valence-electron chi connectivity index (χ2n) is 8.09. The largest absolute Gasteiger partial charge is 0.383 e. The number of piperidine rings is 1. The first-order chi connectivity index (χ1) is 13.7. The second kappa shape index (κ2) is 8.61. The third-order valence-corrected chi connectivity index (χ3v) is 5.99. The van der Waals surface area contributed by atoms with Crippen molar-refractivity contribution in [3.8, 4) is 0 Å². The van der Waals surface area contributed by atoms with E-state index in [2.05, 4.69) is 58.6 Å². The molecule has 1 aliphatic rings. The number of nitrogens with two attached hydrogens (primary N) is 1. The number of hydrogen-bond donors (Lipinski definition) is 2. The van der Waals surface area contributed by atoms with Gasteiger partial charge < -0.3 is 16.0 Å². The van der Waals surface area contributed by atoms with Crippen LogP contribution in [0, 0.1) is 5.92 Å². The van der Waals surface area contributed by atoms with Crippen molar-refractivity contribution < 1.29 is 0 Å². The molecule has 0 spiro atoms. The summed E-state index contributed by atoms with van der Waals surface area (Å²) in [7, 11) is 2.23. The molecule has 28 heavy (non-hydrogen) atoms. The Morgan fingerprint density at radius 1 is 1.04 bits per heavy atom. The van der Waals surface area contributed by atoms with Crippen molar-refractivity contribution in [2.24, 2.45) is 5.92 Å². The Morgan fingerprint density at radius 3 is 2.57 bits per heavy atom. The maximum atomic E-state index is 5.93. The Hall–Kier alpha value is -2.59. The first-order valence-corrected chi connectivity index (χ1v) is 10.3. The number of hydrogen-bond acceptors (Lipinski definition) is 4. The average Bonchev–Trinajstić information content (AvgIpc) is 2.73. The first kappa shape index (κ1) is 18.8. The normalized spacial score (nSPS) is 15.8. The molecule has 146 valence electrons. The Bertz CT molecular complexity index is 912. The number of anilines is 2. The molecule has 0 radical (unpaired) electrons. The van der Waals surface area contributed by atoms with Crippen LogP contribution in [0.5, 0.6) is 0 Å². The number of nitrogen functional groups attached to an aromatic ring is 1. The Kier molecular flexibility index (Phi) is 5.77. The summed E-state index contributed by atoms with van der Waals surface area (Å²) in [6.07, 6.45) is 6.98. The summed E-state index contributed by atoms with van der Waals surface area (Å²) in [5, 5.41) is 5.63. The highest BCUT2D eigenvalue weighted by Gasteiger charge is 2.16. The van der Waals surface area contributed by atoms with Crippen molar-refractivity contribution in [1.29, 1.82) is 0 Å². The number of nitrogens with zero attached hydrogens (tertiary/aromatic N) is 2. The third-order valence-electron chi connectivity index (χ3n) is 5.99. The van der Waals surface area contributed by atoms with Gasteiger partial charge >= 0.3 is 0 Å². The lowest BCUT2D eigenvalue weighted by molar-refractivity contribution is 0.212. The highest BCUT2D eigenvalue weighted by molar-refractivity contribution is 5.92. The van der Waals surface area contributed by atoms with Crippen LogP contribution in [-0.4, -0.2) is 30.0 Å². The van der Waals surface area contributed by atoms with Crippen LogP contribution in [0.4, 0.5) is 11.5 Å². The molecule has 4 rings (SSSR count). The zero-order chi connectivity index (χ0) is 19.3. The molecule has 0 unspecified atom stereocenters. The van der Waals surface area contributed by atoms with Crippen molar-refractivity contribution in [2.45, 2.75) is 32.2 Å². The van der Waals surface area contributed by atoms with E-state index in [0.717, 1.165) is 28.9 Å². The van der Waals surface area contributed by atoms with Crippen molar-refractivity contribution in [3.63, 3.8) is 0 Å². The van der Waals surface area contributed by atoms with Crippen molar-refractivity contribution in [2.75, 3.05) is 31.2 Å². The number of aryl methyl sites for hydroxylation is 1. The molecule has 3 N–H and O–H groups in total. The van der Waals surface area contributed by atoms with E-state index in [1.165, 1.54) is 49.9 Å². The van der Waals surface area contributed by atoms with Crippen LogP contribution in [-0.2, 0) is 13.0 Å². The van der Waals surface area contributed by atoms with Crippen molar-refractivity contribution in [3.05, 3.63) is 65.9 Å². The van der Waals surface area contributed by atoms with Crippen LogP contribution in [0.15, 0.2) is 54.7 Å². The molecule has 1 saturated heterocycles. The molecular weight excluding hydrogens is 344 g/mol. The Labute approximate surface area is 167 Å². The molecule has 3 aromatic rings. The zero-order valence-electron chi connectivity index (χ0n) is 16.7. The minimum Gasteiger partial charge on any atom is -0.383 e. The average molecular weight is 375 g/mol. The van der Waals surface area contributed by atoms with Crippen LogP contribution in [0.25, 0.3) is 10.8 Å². The van der Waals surface area contributed by atoms with Gasteiger partial charge in [0.15, 0.2) is 0 Å². The SMILES string of the molecule is CN1CCC(CCc2ccc(CNc3ccc4c(N)nccc4c3)cc2)CC1. The molecule has 0 aliphatic carbocycles. The van der Waals surface area contributed by atoms with Gasteiger partial charge in [-0.25, -0.2) is 4.98 Å². The number of aromatic nitrogens is 1. The number of fused-ring (bicyclic) bond motifs is 1. The highest BCUT2D eigenvalue weighted by atomic mass is 15.1. The topological polar surface area (TPSA) is 54.2 Å². The molecule has 4 heteroatoms. The highest BCUT2D eigenvalue weighted by Crippen LogP contribution is 2.24. The molecule has 0 saturated carbocycles. The lowest BCUT2D eigenvalue weighted by atomic mass is 9.90. The lowest BCUT2D eigenvalue weighted by Crippen LogP contribution is -2.30. The fraction of sp³-hybridized carbons (Fsp3) is 0.375. The number of rotatable bonds is 6. The third kappa shape index (κ3) is 4.63. The number of benzene rings is 2. The number of nitrogens with one attached hydrogen (secondary N) is 1. The van der Waals surface area contributed by atoms with Crippen molar-refractivity contribution in [1.82, 2.24) is 9.88 Å². The summed E-state index contributed by atoms with van der Waals surface area (Å²) in [4.78, 5) is 6.59. The predicted octanol–water partition coefficient (Wildman–Crippen LogP) is 4.70. The Balaban J connectivity index is 1.30. The summed E-state index contributed by atoms with van der Waals surface area (Å²) in [5.41, 5.74) is 9.79. The molecule has 2 heterocycles. The zero-order valence-corrected chi connectivity index (χ0v) is 16.7. The van der Waals surface area contributed by atoms with E-state index in [0.29, 0.717) is 5.82 Å². The van der Waals surface area contributed by atoms with Crippen LogP contribution >= 0.6 is 0 Å². The van der Waals surface area contributed by atoms with E-state index < -0.39 is 0 Å². The van der Waals surface area contributed by atoms with E-state index in [1.54, 1.807) is 6.20 Å². The van der Waals surface area contributed by atoms with Crippen LogP contribution in [0.3, 0.4) is 0 Å². The standard InChI is InChI=1S/C24H30N4/c1-28-14-11-19(12-15-28)3-2-18-4-6-20(7-5-18)17-27-22-8-9-23-21(16-22)10-13-26-24(23)25/h4-10,13,16,19,27H,2-3,11-12,14-15,17H2,1H3,(H2,25,26). The number of pyridine rings is 1. The maximum absolute atomic E-state index is 5.93. The molecule has 2 aromatic carbocycles. The van der Waals surface area contributed by atoms with Gasteiger partial charge in [0.05, 0.1) is 0 Å². The molecule has 0 bridgehead atoms. The fourth-order valence-corrected chi connectivity index (χ4v) is 4.06. The summed E-state index contributed by atoms with van der Waals surface area (Å²) in [6.45, 7) is 3.33. The smallest absolute Gasteiger partial charge is 0.131 e. The van der Waals surface area contributed by atoms with Gasteiger partial charge in [0.1, 0.15) is 5.82 Å². The van der Waals surface area contributed by atoms with Crippen LogP contribution in [0.2, 0.25) is 0 Å². The quantitative estimate of drug-likeness (QED) is 0.656. The van der Waals surface area contributed by atoms with Crippen LogP contribution < -0.4 is 11.1 Å². The predicted molar refractivity (Wildman–Crippen MR) is 118 cm³/mol. The molecule has 1 aromatic heterocycles. The maximum Gasteiger partial charge on any atom is 0.131 e. The van der Waals surface area contributed by atoms with Gasteiger partial charge in [0.2, 0.25) is 0 Å². The van der Waals surface area contributed by atoms with E-state index >= 15 is 0 Å². The van der Waals surface area contributed by atoms with Gasteiger partial charge in [0, 0.05) is 23.8 Å². The van der Waals surface area contributed by atoms with E-state index in [9.17, 15) is 0 Å². The minimum atomic E-state index is 0.583. The van der Waals surface area contributed by atoms with Crippen LogP contribution in [0.1, 0.15) is 30.4 Å². The van der Waals surface area contributed by atoms with Gasteiger partial charge in [-0.3, -0.25) is 0 Å².